The number of benzene rings is 1. The fourth-order valence-electron chi connectivity index (χ4n) is 6.21. The van der Waals surface area contributed by atoms with Crippen molar-refractivity contribution in [3.8, 4) is 0 Å². The highest BCUT2D eigenvalue weighted by Gasteiger charge is 2.53. The lowest BCUT2D eigenvalue weighted by atomic mass is 9.73. The quantitative estimate of drug-likeness (QED) is 0.0864. The topological polar surface area (TPSA) is 55.8 Å². The zero-order valence-corrected chi connectivity index (χ0v) is 34.4. The maximum atomic E-state index is 13.9. The maximum Gasteiger partial charge on any atom is 0.330 e. The molecule has 1 heterocycles. The van der Waals surface area contributed by atoms with E-state index in [1.54, 1.807) is 0 Å². The molecule has 1 aliphatic carbocycles. The number of amides is 1. The van der Waals surface area contributed by atoms with Crippen molar-refractivity contribution in [2.45, 2.75) is 201 Å². The lowest BCUT2D eigenvalue weighted by Crippen LogP contribution is -2.50. The number of nitrogens with zero attached hydrogens (tertiary/aromatic N) is 1. The Labute approximate surface area is 303 Å². The summed E-state index contributed by atoms with van der Waals surface area (Å²) in [4.78, 5) is 27.0. The van der Waals surface area contributed by atoms with E-state index in [2.05, 4.69) is 85.4 Å². The Balaban J connectivity index is 0.000000558. The number of rotatable bonds is 15. The number of unbranched alkanes of at least 4 members (excludes halogenated alkanes) is 4. The van der Waals surface area contributed by atoms with Crippen LogP contribution in [0.25, 0.3) is 0 Å². The average molecular weight is 687 g/mol. The molecule has 0 saturated heterocycles. The minimum atomic E-state index is -0.416. The van der Waals surface area contributed by atoms with E-state index in [0.29, 0.717) is 11.9 Å². The summed E-state index contributed by atoms with van der Waals surface area (Å²) >= 11 is 4.71. The first-order chi connectivity index (χ1) is 22.2. The summed E-state index contributed by atoms with van der Waals surface area (Å²) in [5.74, 6) is 0.928. The molecule has 2 aliphatic rings. The first-order valence-electron chi connectivity index (χ1n) is 19.2. The Kier molecular flexibility index (Phi) is 18.4. The van der Waals surface area contributed by atoms with Crippen molar-refractivity contribution in [1.82, 2.24) is 0 Å². The van der Waals surface area contributed by atoms with Crippen LogP contribution in [0, 0.1) is 11.8 Å². The monoisotopic (exact) mass is 687 g/mol. The lowest BCUT2D eigenvalue weighted by Gasteiger charge is -2.42. The molecule has 1 aromatic carbocycles. The summed E-state index contributed by atoms with van der Waals surface area (Å²) in [6.45, 7) is 28.7. The summed E-state index contributed by atoms with van der Waals surface area (Å²) in [5.41, 5.74) is 2.24. The van der Waals surface area contributed by atoms with Gasteiger partial charge in [-0.1, -0.05) is 117 Å². The van der Waals surface area contributed by atoms with Crippen LogP contribution in [0.4, 0.5) is 5.69 Å². The predicted octanol–water partition coefficient (Wildman–Crippen LogP) is 10.8. The van der Waals surface area contributed by atoms with E-state index in [1.165, 1.54) is 44.1 Å². The molecule has 1 aromatic rings. The summed E-state index contributed by atoms with van der Waals surface area (Å²) in [5, 5.41) is 0. The van der Waals surface area contributed by atoms with E-state index in [1.807, 2.05) is 42.1 Å². The number of ether oxygens (including phenoxy) is 1. The highest BCUT2D eigenvalue weighted by molar-refractivity contribution is 7.81. The number of anilines is 1. The molecule has 1 radical (unpaired) electrons. The second-order valence-electron chi connectivity index (χ2n) is 16.5. The molecule has 0 unspecified atom stereocenters. The second-order valence-corrected chi connectivity index (χ2v) is 17.6. The van der Waals surface area contributed by atoms with Gasteiger partial charge in [-0.15, -0.1) is 0 Å². The van der Waals surface area contributed by atoms with Crippen LogP contribution in [0.5, 0.6) is 0 Å². The Morgan fingerprint density at radius 1 is 0.917 bits per heavy atom. The zero-order valence-electron chi connectivity index (χ0n) is 33.6. The van der Waals surface area contributed by atoms with Crippen LogP contribution >= 0.6 is 12.6 Å². The Bertz CT molecular complexity index is 1100. The molecule has 48 heavy (non-hydrogen) atoms. The third-order valence-corrected chi connectivity index (χ3v) is 10.5. The summed E-state index contributed by atoms with van der Waals surface area (Å²) in [6, 6.07) is 6.84. The van der Waals surface area contributed by atoms with E-state index < -0.39 is 5.60 Å². The van der Waals surface area contributed by atoms with Gasteiger partial charge in [-0.05, 0) is 91.7 Å². The van der Waals surface area contributed by atoms with Crippen LogP contribution < -0.4 is 10.4 Å². The van der Waals surface area contributed by atoms with Gasteiger partial charge in [-0.25, -0.2) is 0 Å². The van der Waals surface area contributed by atoms with Crippen LogP contribution in [-0.4, -0.2) is 41.3 Å². The fraction of sp³-hybridized carbons (Fsp3) is 0.805. The minimum absolute atomic E-state index is 0.0285. The highest BCUT2D eigenvalue weighted by atomic mass is 32.1. The number of carbonyl (C=O) groups excluding carboxylic acids is 2. The van der Waals surface area contributed by atoms with Gasteiger partial charge in [-0.3, -0.25) is 9.59 Å². The van der Waals surface area contributed by atoms with Gasteiger partial charge in [0.1, 0.15) is 5.60 Å². The number of thiol groups is 1. The summed E-state index contributed by atoms with van der Waals surface area (Å²) in [6.07, 6.45) is 14.3. The molecule has 0 bridgehead atoms. The normalized spacial score (nSPS) is 18.7. The van der Waals surface area contributed by atoms with Gasteiger partial charge >= 0.3 is 13.5 Å². The summed E-state index contributed by atoms with van der Waals surface area (Å²) < 4.78 is 11.0. The molecule has 0 N–H and O–H groups in total. The predicted molar refractivity (Wildman–Crippen MR) is 211 cm³/mol. The van der Waals surface area contributed by atoms with E-state index >= 15 is 0 Å². The van der Waals surface area contributed by atoms with E-state index in [0.717, 1.165) is 55.6 Å². The Hall–Kier alpha value is -1.47. The van der Waals surface area contributed by atoms with Crippen molar-refractivity contribution >= 4 is 43.1 Å². The Morgan fingerprint density at radius 2 is 1.46 bits per heavy atom. The number of hydrogen-bond acceptors (Lipinski definition) is 5. The standard InChI is InChI=1S/C26H41BNO2S.C8H16O2.C7H16/c1-8-13-26(14-9-2)21-12-11-19(27-30-24(4,5)25(6,7)31)17-22(21)28(23(26)29)20-15-18(10-3)16-20;1-6(2)7(9)10-8(3,4)5;1-3-5-7-6-4-2/h11-12,17-18,20,31H,8-10,13-16H2,1-7H3;6H,1-5H3;3-7H2,1-2H3. The molecule has 0 spiro atoms. The minimum Gasteiger partial charge on any atom is -0.460 e. The van der Waals surface area contributed by atoms with Gasteiger partial charge in [0.25, 0.3) is 0 Å². The number of fused-ring (bicyclic) bond motifs is 1. The molecule has 0 atom stereocenters. The van der Waals surface area contributed by atoms with Gasteiger partial charge in [0.15, 0.2) is 0 Å². The van der Waals surface area contributed by atoms with Gasteiger partial charge in [-0.2, -0.15) is 12.6 Å². The largest absolute Gasteiger partial charge is 0.460 e. The maximum absolute atomic E-state index is 13.9. The van der Waals surface area contributed by atoms with E-state index in [4.69, 9.17) is 22.0 Å². The van der Waals surface area contributed by atoms with Crippen LogP contribution in [0.15, 0.2) is 18.2 Å². The van der Waals surface area contributed by atoms with Gasteiger partial charge < -0.3 is 14.3 Å². The molecular weight excluding hydrogens is 613 g/mol. The fourth-order valence-corrected chi connectivity index (χ4v) is 6.26. The van der Waals surface area contributed by atoms with Crippen molar-refractivity contribution in [1.29, 1.82) is 0 Å². The van der Waals surface area contributed by atoms with Gasteiger partial charge in [0.05, 0.1) is 16.9 Å². The molecule has 275 valence electrons. The molecule has 1 saturated carbocycles. The summed E-state index contributed by atoms with van der Waals surface area (Å²) in [7, 11) is 1.84. The molecule has 1 fully saturated rings. The van der Waals surface area contributed by atoms with Gasteiger partial charge in [0.2, 0.25) is 5.91 Å². The first-order valence-corrected chi connectivity index (χ1v) is 19.6. The molecule has 0 aromatic heterocycles. The van der Waals surface area contributed by atoms with Crippen molar-refractivity contribution in [2.75, 3.05) is 4.90 Å². The van der Waals surface area contributed by atoms with Crippen LogP contribution in [0.1, 0.15) is 180 Å². The number of carbonyl (C=O) groups is 2. The van der Waals surface area contributed by atoms with Crippen molar-refractivity contribution in [2.24, 2.45) is 11.8 Å². The molecular formula is C41H73BNO4S. The van der Waals surface area contributed by atoms with Crippen molar-refractivity contribution in [3.05, 3.63) is 23.8 Å². The smallest absolute Gasteiger partial charge is 0.330 e. The average Bonchev–Trinajstić information content (AvgIpc) is 3.18. The zero-order chi connectivity index (χ0) is 36.9. The van der Waals surface area contributed by atoms with Crippen molar-refractivity contribution < 1.29 is 19.0 Å². The molecule has 7 heteroatoms. The number of hydrogen-bond donors (Lipinski definition) is 1. The van der Waals surface area contributed by atoms with Crippen LogP contribution in [-0.2, 0) is 24.4 Å². The van der Waals surface area contributed by atoms with Gasteiger partial charge in [0, 0.05) is 16.5 Å². The first kappa shape index (κ1) is 44.6. The third kappa shape index (κ3) is 12.7. The molecule has 5 nitrogen and oxygen atoms in total. The van der Waals surface area contributed by atoms with E-state index in [9.17, 15) is 9.59 Å². The van der Waals surface area contributed by atoms with E-state index in [-0.39, 0.29) is 27.7 Å². The van der Waals surface area contributed by atoms with Crippen molar-refractivity contribution in [3.63, 3.8) is 0 Å². The molecule has 3 rings (SSSR count). The SMILES string of the molecule is CC(C)C(=O)OC(C)(C)C.CCCC1(CCC)C(=O)N(C2CC(CC)C2)c2cc([B]OC(C)(C)C(C)(C)S)ccc21.CCCCCCC. The number of esters is 1. The second kappa shape index (κ2) is 19.8. The third-order valence-electron chi connectivity index (χ3n) is 9.98. The molecule has 1 amide bonds. The lowest BCUT2D eigenvalue weighted by molar-refractivity contribution is -0.158. The van der Waals surface area contributed by atoms with Crippen LogP contribution in [0.3, 0.4) is 0 Å². The van der Waals surface area contributed by atoms with Crippen LogP contribution in [0.2, 0.25) is 0 Å². The molecule has 1 aliphatic heterocycles. The highest BCUT2D eigenvalue weighted by Crippen LogP contribution is 2.51. The Morgan fingerprint density at radius 3 is 1.85 bits per heavy atom.